The van der Waals surface area contributed by atoms with Crippen molar-refractivity contribution in [3.63, 3.8) is 0 Å². The molecule has 0 spiro atoms. The third-order valence-electron chi connectivity index (χ3n) is 1.92. The fraction of sp³-hybridized carbons (Fsp3) is 0.875. The van der Waals surface area contributed by atoms with Gasteiger partial charge in [-0.2, -0.15) is 0 Å². The van der Waals surface area contributed by atoms with E-state index in [0.29, 0.717) is 0 Å². The van der Waals surface area contributed by atoms with Gasteiger partial charge in [0.1, 0.15) is 10.9 Å². The van der Waals surface area contributed by atoms with E-state index in [1.165, 1.54) is 20.8 Å². The van der Waals surface area contributed by atoms with Crippen LogP contribution in [-0.2, 0) is 13.9 Å². The highest BCUT2D eigenvalue weighted by molar-refractivity contribution is 7.55. The van der Waals surface area contributed by atoms with Gasteiger partial charge in [-0.05, 0) is 34.6 Å². The summed E-state index contributed by atoms with van der Waals surface area (Å²) in [6, 6.07) is 0. The molecule has 0 rings (SSSR count). The van der Waals surface area contributed by atoms with Gasteiger partial charge in [-0.15, -0.1) is 0 Å². The summed E-state index contributed by atoms with van der Waals surface area (Å²) in [5.74, 6) is -0.348. The highest BCUT2D eigenvalue weighted by Crippen LogP contribution is 2.56. The Hall–Kier alpha value is -0.180. The van der Waals surface area contributed by atoms with E-state index in [9.17, 15) is 14.3 Å². The molecule has 0 aliphatic carbocycles. The van der Waals surface area contributed by atoms with Crippen LogP contribution in [0.5, 0.6) is 0 Å². The van der Waals surface area contributed by atoms with Crippen LogP contribution in [-0.4, -0.2) is 21.9 Å². The quantitative estimate of drug-likeness (QED) is 0.717. The zero-order valence-electron chi connectivity index (χ0n) is 8.70. The molecule has 0 aliphatic rings. The predicted octanol–water partition coefficient (Wildman–Crippen LogP) is 1.96. The Morgan fingerprint density at radius 3 is 2.08 bits per heavy atom. The van der Waals surface area contributed by atoms with Crippen molar-refractivity contribution >= 4 is 13.4 Å². The van der Waals surface area contributed by atoms with Gasteiger partial charge in [0.2, 0.25) is 0 Å². The van der Waals surface area contributed by atoms with E-state index < -0.39 is 12.8 Å². The van der Waals surface area contributed by atoms with Gasteiger partial charge in [0.15, 0.2) is 0 Å². The molecule has 13 heavy (non-hydrogen) atoms. The molecule has 0 saturated carbocycles. The Kier molecular flexibility index (Phi) is 3.85. The van der Waals surface area contributed by atoms with Crippen LogP contribution in [0, 0.1) is 0 Å². The molecular weight excluding hydrogens is 191 g/mol. The normalized spacial score (nSPS) is 17.2. The molecule has 0 aromatic heterocycles. The Morgan fingerprint density at radius 2 is 1.85 bits per heavy atom. The number of hydrogen-bond donors (Lipinski definition) is 1. The summed E-state index contributed by atoms with van der Waals surface area (Å²) in [6.45, 7) is 7.42. The SMILES string of the molecule is CC(=O)C(C)(C)P(=O)(O)OC(C)C. The lowest BCUT2D eigenvalue weighted by atomic mass is 10.1. The summed E-state index contributed by atoms with van der Waals surface area (Å²) < 4.78 is 16.5. The Bertz CT molecular complexity index is 245. The first-order valence-corrected chi connectivity index (χ1v) is 5.71. The first-order valence-electron chi connectivity index (χ1n) is 4.13. The van der Waals surface area contributed by atoms with Crippen LogP contribution in [0.2, 0.25) is 0 Å². The predicted molar refractivity (Wildman–Crippen MR) is 50.8 cm³/mol. The van der Waals surface area contributed by atoms with Crippen molar-refractivity contribution in [1.82, 2.24) is 0 Å². The lowest BCUT2D eigenvalue weighted by Crippen LogP contribution is -2.31. The van der Waals surface area contributed by atoms with Crippen LogP contribution in [0.4, 0.5) is 0 Å². The molecule has 0 aromatic rings. The summed E-state index contributed by atoms with van der Waals surface area (Å²) in [4.78, 5) is 20.6. The van der Waals surface area contributed by atoms with E-state index in [0.717, 1.165) is 0 Å². The smallest absolute Gasteiger partial charge is 0.324 e. The van der Waals surface area contributed by atoms with Crippen molar-refractivity contribution in [3.05, 3.63) is 0 Å². The van der Waals surface area contributed by atoms with Crippen molar-refractivity contribution in [2.75, 3.05) is 0 Å². The average molecular weight is 208 g/mol. The number of Topliss-reactive ketones (excluding diaryl/α,β-unsaturated/α-hetero) is 1. The molecule has 0 aromatic carbocycles. The second kappa shape index (κ2) is 3.91. The van der Waals surface area contributed by atoms with Gasteiger partial charge in [0.05, 0.1) is 6.10 Å². The van der Waals surface area contributed by atoms with Gasteiger partial charge in [0, 0.05) is 0 Å². The lowest BCUT2D eigenvalue weighted by molar-refractivity contribution is -0.119. The number of carbonyl (C=O) groups excluding carboxylic acids is 1. The fourth-order valence-electron chi connectivity index (χ4n) is 0.616. The van der Waals surface area contributed by atoms with E-state index in [-0.39, 0.29) is 11.9 Å². The highest BCUT2D eigenvalue weighted by Gasteiger charge is 2.45. The summed E-state index contributed by atoms with van der Waals surface area (Å²) in [5, 5.41) is -1.32. The second-order valence-corrected chi connectivity index (χ2v) is 6.16. The maximum Gasteiger partial charge on any atom is 0.341 e. The molecule has 0 radical (unpaired) electrons. The molecule has 0 bridgehead atoms. The molecule has 1 atom stereocenters. The van der Waals surface area contributed by atoms with Gasteiger partial charge in [-0.1, -0.05) is 0 Å². The van der Waals surface area contributed by atoms with Crippen LogP contribution >= 0.6 is 7.60 Å². The average Bonchev–Trinajstić information content (AvgIpc) is 1.83. The minimum absolute atomic E-state index is 0.348. The van der Waals surface area contributed by atoms with Gasteiger partial charge < -0.3 is 9.42 Å². The van der Waals surface area contributed by atoms with E-state index in [4.69, 9.17) is 4.52 Å². The van der Waals surface area contributed by atoms with Gasteiger partial charge in [-0.25, -0.2) is 0 Å². The maximum absolute atomic E-state index is 11.6. The number of carbonyl (C=O) groups is 1. The van der Waals surface area contributed by atoms with Crippen LogP contribution in [0.15, 0.2) is 0 Å². The van der Waals surface area contributed by atoms with Crippen molar-refractivity contribution in [1.29, 1.82) is 0 Å². The topological polar surface area (TPSA) is 63.6 Å². The number of rotatable bonds is 4. The molecule has 4 nitrogen and oxygen atoms in total. The van der Waals surface area contributed by atoms with E-state index in [1.807, 2.05) is 0 Å². The van der Waals surface area contributed by atoms with E-state index in [2.05, 4.69) is 0 Å². The number of ketones is 1. The molecule has 0 amide bonds. The lowest BCUT2D eigenvalue weighted by Gasteiger charge is -2.28. The zero-order chi connectivity index (χ0) is 10.9. The monoisotopic (exact) mass is 208 g/mol. The third-order valence-corrected chi connectivity index (χ3v) is 4.36. The molecule has 0 aliphatic heterocycles. The van der Waals surface area contributed by atoms with Gasteiger partial charge >= 0.3 is 7.60 Å². The van der Waals surface area contributed by atoms with Gasteiger partial charge in [-0.3, -0.25) is 9.36 Å². The minimum Gasteiger partial charge on any atom is -0.324 e. The molecule has 1 unspecified atom stereocenters. The molecule has 0 saturated heterocycles. The Morgan fingerprint density at radius 1 is 1.46 bits per heavy atom. The van der Waals surface area contributed by atoms with Crippen molar-refractivity contribution in [2.24, 2.45) is 0 Å². The van der Waals surface area contributed by atoms with E-state index >= 15 is 0 Å². The summed E-state index contributed by atoms with van der Waals surface area (Å²) in [7, 11) is -3.86. The molecule has 0 fully saturated rings. The molecular formula is C8H17O4P. The Balaban J connectivity index is 4.82. The first kappa shape index (κ1) is 12.8. The molecule has 78 valence electrons. The first-order chi connectivity index (χ1) is 5.61. The maximum atomic E-state index is 11.6. The number of hydrogen-bond acceptors (Lipinski definition) is 3. The standard InChI is InChI=1S/C8H17O4P/c1-6(2)12-13(10,11)8(4,5)7(3)9/h6H,1-5H3,(H,10,11). The summed E-state index contributed by atoms with van der Waals surface area (Å²) in [5.41, 5.74) is 0. The summed E-state index contributed by atoms with van der Waals surface area (Å²) in [6.07, 6.45) is -0.366. The fourth-order valence-corrected chi connectivity index (χ4v) is 1.85. The van der Waals surface area contributed by atoms with Crippen LogP contribution in [0.1, 0.15) is 34.6 Å². The van der Waals surface area contributed by atoms with E-state index in [1.54, 1.807) is 13.8 Å². The Labute approximate surface area is 78.8 Å². The second-order valence-electron chi connectivity index (χ2n) is 3.79. The minimum atomic E-state index is -3.86. The van der Waals surface area contributed by atoms with Crippen LogP contribution in [0.3, 0.4) is 0 Å². The zero-order valence-corrected chi connectivity index (χ0v) is 9.59. The van der Waals surface area contributed by atoms with Crippen LogP contribution < -0.4 is 0 Å². The van der Waals surface area contributed by atoms with Crippen molar-refractivity contribution < 1.29 is 18.8 Å². The molecule has 0 heterocycles. The van der Waals surface area contributed by atoms with Crippen molar-refractivity contribution in [3.8, 4) is 0 Å². The summed E-state index contributed by atoms with van der Waals surface area (Å²) >= 11 is 0. The third kappa shape index (κ3) is 2.90. The highest BCUT2D eigenvalue weighted by atomic mass is 31.2. The van der Waals surface area contributed by atoms with Gasteiger partial charge in [0.25, 0.3) is 0 Å². The van der Waals surface area contributed by atoms with Crippen molar-refractivity contribution in [2.45, 2.75) is 45.9 Å². The molecule has 5 heteroatoms. The largest absolute Gasteiger partial charge is 0.341 e. The molecule has 1 N–H and O–H groups in total. The van der Waals surface area contributed by atoms with Crippen LogP contribution in [0.25, 0.3) is 0 Å².